The fraction of sp³-hybridized carbons (Fsp3) is 0.118. The molecule has 0 fully saturated rings. The first kappa shape index (κ1) is 14.4. The van der Waals surface area contributed by atoms with Crippen LogP contribution in [0.4, 0.5) is 0 Å². The highest BCUT2D eigenvalue weighted by molar-refractivity contribution is 6.31. The van der Waals surface area contributed by atoms with E-state index in [9.17, 15) is 4.79 Å². The van der Waals surface area contributed by atoms with Gasteiger partial charge in [-0.05, 0) is 42.8 Å². The summed E-state index contributed by atoms with van der Waals surface area (Å²) in [5.41, 5.74) is 1.53. The first-order valence-electron chi connectivity index (χ1n) is 6.40. The molecular formula is C17H15ClO2. The molecule has 0 N–H and O–H groups in total. The minimum atomic E-state index is -0.0682. The van der Waals surface area contributed by atoms with Gasteiger partial charge >= 0.3 is 0 Å². The monoisotopic (exact) mass is 286 g/mol. The molecule has 0 spiro atoms. The molecule has 0 aromatic heterocycles. The molecule has 0 aliphatic heterocycles. The van der Waals surface area contributed by atoms with Gasteiger partial charge in [0.2, 0.25) is 0 Å². The zero-order valence-electron chi connectivity index (χ0n) is 11.2. The van der Waals surface area contributed by atoms with Crippen molar-refractivity contribution in [3.63, 3.8) is 0 Å². The van der Waals surface area contributed by atoms with Crippen LogP contribution in [0, 0.1) is 0 Å². The van der Waals surface area contributed by atoms with Crippen molar-refractivity contribution in [2.45, 2.75) is 6.92 Å². The number of hydrogen-bond donors (Lipinski definition) is 0. The summed E-state index contributed by atoms with van der Waals surface area (Å²) >= 11 is 5.86. The van der Waals surface area contributed by atoms with Gasteiger partial charge in [0.1, 0.15) is 5.75 Å². The predicted octanol–water partition coefficient (Wildman–Crippen LogP) is 4.63. The van der Waals surface area contributed by atoms with Crippen molar-refractivity contribution in [3.05, 3.63) is 70.8 Å². The van der Waals surface area contributed by atoms with Crippen molar-refractivity contribution in [2.75, 3.05) is 6.61 Å². The third-order valence-corrected chi connectivity index (χ3v) is 2.96. The number of rotatable bonds is 5. The number of ketones is 1. The Kier molecular flexibility index (Phi) is 4.97. The number of halogens is 1. The van der Waals surface area contributed by atoms with Crippen LogP contribution in [-0.2, 0) is 0 Å². The smallest absolute Gasteiger partial charge is 0.185 e. The van der Waals surface area contributed by atoms with Gasteiger partial charge in [-0.3, -0.25) is 4.79 Å². The second-order valence-electron chi connectivity index (χ2n) is 4.21. The van der Waals surface area contributed by atoms with Crippen molar-refractivity contribution in [2.24, 2.45) is 0 Å². The van der Waals surface area contributed by atoms with E-state index in [1.54, 1.807) is 36.4 Å². The summed E-state index contributed by atoms with van der Waals surface area (Å²) in [6.07, 6.45) is 3.32. The zero-order chi connectivity index (χ0) is 14.4. The molecule has 2 rings (SSSR count). The number of hydrogen-bond acceptors (Lipinski definition) is 2. The topological polar surface area (TPSA) is 26.3 Å². The van der Waals surface area contributed by atoms with Gasteiger partial charge in [-0.15, -0.1) is 0 Å². The SMILES string of the molecule is CCOc1ccc(C=CC(=O)c2cccc(Cl)c2)cc1. The minimum absolute atomic E-state index is 0.0682. The van der Waals surface area contributed by atoms with Crippen molar-refractivity contribution in [3.8, 4) is 5.75 Å². The summed E-state index contributed by atoms with van der Waals surface area (Å²) < 4.78 is 5.36. The summed E-state index contributed by atoms with van der Waals surface area (Å²) in [5, 5.41) is 0.560. The van der Waals surface area contributed by atoms with E-state index in [1.807, 2.05) is 31.2 Å². The Balaban J connectivity index is 2.07. The van der Waals surface area contributed by atoms with Crippen LogP contribution in [-0.4, -0.2) is 12.4 Å². The second-order valence-corrected chi connectivity index (χ2v) is 4.65. The Morgan fingerprint density at radius 3 is 2.60 bits per heavy atom. The lowest BCUT2D eigenvalue weighted by molar-refractivity contribution is 0.104. The number of carbonyl (C=O) groups excluding carboxylic acids is 1. The van der Waals surface area contributed by atoms with E-state index in [2.05, 4.69) is 0 Å². The lowest BCUT2D eigenvalue weighted by atomic mass is 10.1. The van der Waals surface area contributed by atoms with E-state index in [-0.39, 0.29) is 5.78 Å². The van der Waals surface area contributed by atoms with Crippen LogP contribution in [0.25, 0.3) is 6.08 Å². The van der Waals surface area contributed by atoms with Crippen LogP contribution in [0.3, 0.4) is 0 Å². The highest BCUT2D eigenvalue weighted by Gasteiger charge is 2.01. The fourth-order valence-electron chi connectivity index (χ4n) is 1.75. The van der Waals surface area contributed by atoms with Gasteiger partial charge < -0.3 is 4.74 Å². The Morgan fingerprint density at radius 1 is 1.20 bits per heavy atom. The van der Waals surface area contributed by atoms with Gasteiger partial charge in [0, 0.05) is 10.6 Å². The maximum absolute atomic E-state index is 12.0. The molecule has 3 heteroatoms. The molecule has 0 bridgehead atoms. The van der Waals surface area contributed by atoms with E-state index in [1.165, 1.54) is 0 Å². The van der Waals surface area contributed by atoms with E-state index >= 15 is 0 Å². The summed E-state index contributed by atoms with van der Waals surface area (Å²) in [7, 11) is 0. The molecule has 20 heavy (non-hydrogen) atoms. The lowest BCUT2D eigenvalue weighted by Crippen LogP contribution is -1.93. The second kappa shape index (κ2) is 6.92. The van der Waals surface area contributed by atoms with E-state index < -0.39 is 0 Å². The Labute approximate surface area is 123 Å². The van der Waals surface area contributed by atoms with Crippen LogP contribution < -0.4 is 4.74 Å². The quantitative estimate of drug-likeness (QED) is 0.591. The average Bonchev–Trinajstić information content (AvgIpc) is 2.46. The Bertz CT molecular complexity index is 615. The zero-order valence-corrected chi connectivity index (χ0v) is 11.9. The molecule has 0 radical (unpaired) electrons. The lowest BCUT2D eigenvalue weighted by Gasteiger charge is -2.02. The van der Waals surface area contributed by atoms with Gasteiger partial charge in [-0.1, -0.05) is 41.9 Å². The van der Waals surface area contributed by atoms with Gasteiger partial charge in [0.05, 0.1) is 6.61 Å². The molecule has 0 aliphatic rings. The van der Waals surface area contributed by atoms with E-state index in [0.717, 1.165) is 11.3 Å². The van der Waals surface area contributed by atoms with E-state index in [4.69, 9.17) is 16.3 Å². The predicted molar refractivity (Wildman–Crippen MR) is 82.4 cm³/mol. The maximum Gasteiger partial charge on any atom is 0.185 e. The van der Waals surface area contributed by atoms with Crippen LogP contribution in [0.2, 0.25) is 5.02 Å². The van der Waals surface area contributed by atoms with Crippen molar-refractivity contribution in [1.29, 1.82) is 0 Å². The standard InChI is InChI=1S/C17H15ClO2/c1-2-20-16-9-6-13(7-10-16)8-11-17(19)14-4-3-5-15(18)12-14/h3-12H,2H2,1H3. The van der Waals surface area contributed by atoms with Gasteiger partial charge in [0.25, 0.3) is 0 Å². The fourth-order valence-corrected chi connectivity index (χ4v) is 1.94. The molecule has 0 saturated heterocycles. The summed E-state index contributed by atoms with van der Waals surface area (Å²) in [6, 6.07) is 14.5. The normalized spacial score (nSPS) is 10.7. The number of ether oxygens (including phenoxy) is 1. The maximum atomic E-state index is 12.0. The Morgan fingerprint density at radius 2 is 1.95 bits per heavy atom. The van der Waals surface area contributed by atoms with Gasteiger partial charge in [-0.2, -0.15) is 0 Å². The molecule has 2 aromatic carbocycles. The Hall–Kier alpha value is -2.06. The van der Waals surface area contributed by atoms with E-state index in [0.29, 0.717) is 17.2 Å². The highest BCUT2D eigenvalue weighted by Crippen LogP contribution is 2.15. The van der Waals surface area contributed by atoms with Crippen molar-refractivity contribution < 1.29 is 9.53 Å². The highest BCUT2D eigenvalue weighted by atomic mass is 35.5. The summed E-state index contributed by atoms with van der Waals surface area (Å²) in [4.78, 5) is 12.0. The minimum Gasteiger partial charge on any atom is -0.494 e. The molecule has 102 valence electrons. The van der Waals surface area contributed by atoms with Crippen LogP contribution in [0.1, 0.15) is 22.8 Å². The summed E-state index contributed by atoms with van der Waals surface area (Å²) in [5.74, 6) is 0.757. The first-order valence-corrected chi connectivity index (χ1v) is 6.77. The van der Waals surface area contributed by atoms with Crippen LogP contribution >= 0.6 is 11.6 Å². The van der Waals surface area contributed by atoms with Crippen molar-refractivity contribution in [1.82, 2.24) is 0 Å². The van der Waals surface area contributed by atoms with Gasteiger partial charge in [-0.25, -0.2) is 0 Å². The van der Waals surface area contributed by atoms with Crippen molar-refractivity contribution >= 4 is 23.5 Å². The molecule has 0 amide bonds. The number of carbonyl (C=O) groups is 1. The molecule has 2 nitrogen and oxygen atoms in total. The molecule has 2 aromatic rings. The molecule has 0 saturated carbocycles. The third kappa shape index (κ3) is 3.97. The molecular weight excluding hydrogens is 272 g/mol. The first-order chi connectivity index (χ1) is 9.69. The molecule has 0 atom stereocenters. The third-order valence-electron chi connectivity index (χ3n) is 2.73. The number of allylic oxidation sites excluding steroid dienone is 1. The molecule has 0 unspecified atom stereocenters. The van der Waals surface area contributed by atoms with Gasteiger partial charge in [0.15, 0.2) is 5.78 Å². The number of benzene rings is 2. The largest absolute Gasteiger partial charge is 0.494 e. The van der Waals surface area contributed by atoms with Crippen LogP contribution in [0.15, 0.2) is 54.6 Å². The summed E-state index contributed by atoms with van der Waals surface area (Å²) in [6.45, 7) is 2.58. The molecule has 0 aliphatic carbocycles. The average molecular weight is 287 g/mol. The molecule has 0 heterocycles. The van der Waals surface area contributed by atoms with Crippen LogP contribution in [0.5, 0.6) is 5.75 Å².